The number of thiophene rings is 1. The Morgan fingerprint density at radius 3 is 2.61 bits per heavy atom. The van der Waals surface area contributed by atoms with Crippen molar-refractivity contribution in [1.29, 1.82) is 0 Å². The molecule has 3 N–H and O–H groups in total. The molecule has 0 aliphatic carbocycles. The number of hydrogen-bond acceptors (Lipinski definition) is 8. The highest BCUT2D eigenvalue weighted by Crippen LogP contribution is 2.50. The van der Waals surface area contributed by atoms with Gasteiger partial charge in [0.1, 0.15) is 5.82 Å². The minimum atomic E-state index is -0.584. The number of carbonyl (C=O) groups excluding carboxylic acids is 1. The molecule has 9 nitrogen and oxygen atoms in total. The van der Waals surface area contributed by atoms with Crippen LogP contribution in [-0.2, 0) is 11.8 Å². The van der Waals surface area contributed by atoms with Gasteiger partial charge in [-0.25, -0.2) is 19.3 Å². The van der Waals surface area contributed by atoms with Gasteiger partial charge in [-0.3, -0.25) is 9.48 Å². The summed E-state index contributed by atoms with van der Waals surface area (Å²) < 4.78 is 23.9. The summed E-state index contributed by atoms with van der Waals surface area (Å²) in [5, 5.41) is 7.83. The number of ether oxygens (including phenoxy) is 1. The van der Waals surface area contributed by atoms with E-state index in [1.54, 1.807) is 55.3 Å². The summed E-state index contributed by atoms with van der Waals surface area (Å²) in [7, 11) is 1.85. The van der Waals surface area contributed by atoms with Crippen LogP contribution in [0.5, 0.6) is 11.8 Å². The molecule has 6 rings (SSSR count). The maximum absolute atomic E-state index is 15.6. The SMILES string of the molecule is CC#CC(=O)Nc1ccc(-c2sc3c(-c4cnn(C)c4)cnc(N)c3c2-c2ccc(Oc3nccc(C)n3)c(F)c2)c(C)c1. The van der Waals surface area contributed by atoms with Gasteiger partial charge in [-0.05, 0) is 73.7 Å². The Bertz CT molecular complexity index is 2140. The number of aryl methyl sites for hydroxylation is 3. The highest BCUT2D eigenvalue weighted by atomic mass is 32.1. The smallest absolute Gasteiger partial charge is 0.322 e. The molecule has 218 valence electrons. The molecule has 0 saturated carbocycles. The average molecular weight is 604 g/mol. The molecule has 0 atom stereocenters. The number of halogens is 1. The van der Waals surface area contributed by atoms with Crippen LogP contribution in [0.15, 0.2) is 67.3 Å². The molecule has 0 radical (unpaired) electrons. The van der Waals surface area contributed by atoms with Crippen molar-refractivity contribution in [3.8, 4) is 56.3 Å². The van der Waals surface area contributed by atoms with Crippen LogP contribution in [-0.4, -0.2) is 30.6 Å². The summed E-state index contributed by atoms with van der Waals surface area (Å²) in [6.07, 6.45) is 6.97. The summed E-state index contributed by atoms with van der Waals surface area (Å²) in [5.74, 6) is 4.42. The van der Waals surface area contributed by atoms with Crippen LogP contribution in [0, 0.1) is 31.5 Å². The van der Waals surface area contributed by atoms with E-state index in [-0.39, 0.29) is 11.8 Å². The number of hydrogen-bond donors (Lipinski definition) is 2. The highest BCUT2D eigenvalue weighted by molar-refractivity contribution is 7.23. The summed E-state index contributed by atoms with van der Waals surface area (Å²) in [5.41, 5.74) is 12.7. The normalized spacial score (nSPS) is 10.8. The summed E-state index contributed by atoms with van der Waals surface area (Å²) in [6, 6.07) is 12.2. The van der Waals surface area contributed by atoms with Crippen molar-refractivity contribution in [3.05, 3.63) is 84.3 Å². The molecule has 1 amide bonds. The zero-order chi connectivity index (χ0) is 31.0. The second-order valence-corrected chi connectivity index (χ2v) is 11.1. The van der Waals surface area contributed by atoms with Crippen molar-refractivity contribution in [2.75, 3.05) is 11.1 Å². The zero-order valence-corrected chi connectivity index (χ0v) is 25.1. The number of carbonyl (C=O) groups is 1. The second kappa shape index (κ2) is 11.6. The lowest BCUT2D eigenvalue weighted by molar-refractivity contribution is -0.111. The number of amides is 1. The van der Waals surface area contributed by atoms with Crippen LogP contribution < -0.4 is 15.8 Å². The van der Waals surface area contributed by atoms with Crippen LogP contribution in [0.3, 0.4) is 0 Å². The Balaban J connectivity index is 1.54. The molecular formula is C33H26FN7O2S. The van der Waals surface area contributed by atoms with Gasteiger partial charge in [0.2, 0.25) is 0 Å². The standard InChI is InChI=1S/C33H26FN7O2S/c1-5-6-27(42)40-22-8-9-23(18(2)13-22)30-28(20-7-10-26(25(34)14-20)43-33-36-12-11-19(3)39-33)29-31(44-30)24(16-37-32(29)35)21-15-38-41(4)17-21/h7-17H,1-4H3,(H2,35,37)(H,40,42). The van der Waals surface area contributed by atoms with E-state index in [0.29, 0.717) is 28.1 Å². The van der Waals surface area contributed by atoms with Gasteiger partial charge in [0.25, 0.3) is 5.91 Å². The minimum Gasteiger partial charge on any atom is -0.421 e. The third-order valence-corrected chi connectivity index (χ3v) is 8.18. The number of nitrogens with two attached hydrogens (primary N) is 1. The van der Waals surface area contributed by atoms with Crippen molar-refractivity contribution in [2.24, 2.45) is 7.05 Å². The monoisotopic (exact) mass is 603 g/mol. The lowest BCUT2D eigenvalue weighted by Crippen LogP contribution is -2.08. The van der Waals surface area contributed by atoms with E-state index in [1.807, 2.05) is 38.4 Å². The third-order valence-electron chi connectivity index (χ3n) is 6.92. The number of nitrogens with zero attached hydrogens (tertiary/aromatic N) is 5. The van der Waals surface area contributed by atoms with Gasteiger partial charge in [0.15, 0.2) is 11.6 Å². The van der Waals surface area contributed by atoms with Gasteiger partial charge >= 0.3 is 6.01 Å². The first-order valence-corrected chi connectivity index (χ1v) is 14.4. The van der Waals surface area contributed by atoms with E-state index in [0.717, 1.165) is 37.4 Å². The van der Waals surface area contributed by atoms with Gasteiger partial charge in [-0.15, -0.1) is 11.3 Å². The average Bonchev–Trinajstić information content (AvgIpc) is 3.59. The molecule has 2 aromatic carbocycles. The zero-order valence-electron chi connectivity index (χ0n) is 24.3. The van der Waals surface area contributed by atoms with Crippen molar-refractivity contribution in [2.45, 2.75) is 20.8 Å². The number of nitrogens with one attached hydrogen (secondary N) is 1. The van der Waals surface area contributed by atoms with E-state index in [2.05, 4.69) is 37.2 Å². The second-order valence-electron chi connectivity index (χ2n) is 10.1. The molecule has 0 saturated heterocycles. The van der Waals surface area contributed by atoms with Crippen molar-refractivity contribution >= 4 is 38.8 Å². The maximum atomic E-state index is 15.6. The fourth-order valence-corrected chi connectivity index (χ4v) is 6.39. The molecule has 4 aromatic heterocycles. The molecule has 0 bridgehead atoms. The fourth-order valence-electron chi connectivity index (χ4n) is 4.94. The summed E-state index contributed by atoms with van der Waals surface area (Å²) in [4.78, 5) is 25.8. The molecule has 0 fully saturated rings. The number of aromatic nitrogens is 5. The Labute approximate surface area is 256 Å². The predicted molar refractivity (Wildman–Crippen MR) is 171 cm³/mol. The molecule has 4 heterocycles. The molecule has 0 spiro atoms. The van der Waals surface area contributed by atoms with Crippen molar-refractivity contribution < 1.29 is 13.9 Å². The quantitative estimate of drug-likeness (QED) is 0.198. The lowest BCUT2D eigenvalue weighted by Gasteiger charge is -2.12. The van der Waals surface area contributed by atoms with E-state index >= 15 is 4.39 Å². The van der Waals surface area contributed by atoms with E-state index in [1.165, 1.54) is 17.4 Å². The van der Waals surface area contributed by atoms with Gasteiger partial charge in [0, 0.05) is 68.7 Å². The van der Waals surface area contributed by atoms with Crippen molar-refractivity contribution in [3.63, 3.8) is 0 Å². The van der Waals surface area contributed by atoms with Crippen molar-refractivity contribution in [1.82, 2.24) is 24.7 Å². The van der Waals surface area contributed by atoms with E-state index in [4.69, 9.17) is 10.5 Å². The third kappa shape index (κ3) is 5.46. The van der Waals surface area contributed by atoms with Crippen LogP contribution >= 0.6 is 11.3 Å². The minimum absolute atomic E-state index is 0.00552. The first-order valence-electron chi connectivity index (χ1n) is 13.5. The number of rotatable bonds is 6. The molecular weight excluding hydrogens is 577 g/mol. The van der Waals surface area contributed by atoms with Gasteiger partial charge < -0.3 is 15.8 Å². The molecule has 0 aliphatic heterocycles. The molecule has 11 heteroatoms. The Morgan fingerprint density at radius 1 is 1.07 bits per heavy atom. The molecule has 44 heavy (non-hydrogen) atoms. The van der Waals surface area contributed by atoms with Gasteiger partial charge in [0.05, 0.1) is 6.20 Å². The number of fused-ring (bicyclic) bond motifs is 1. The first kappa shape index (κ1) is 28.5. The van der Waals surface area contributed by atoms with E-state index < -0.39 is 11.7 Å². The van der Waals surface area contributed by atoms with Crippen LogP contribution in [0.4, 0.5) is 15.9 Å². The maximum Gasteiger partial charge on any atom is 0.322 e. The Hall–Kier alpha value is -5.60. The molecule has 0 unspecified atom stereocenters. The topological polar surface area (TPSA) is 121 Å². The number of pyridine rings is 1. The number of anilines is 2. The Morgan fingerprint density at radius 2 is 1.91 bits per heavy atom. The van der Waals surface area contributed by atoms with E-state index in [9.17, 15) is 4.79 Å². The van der Waals surface area contributed by atoms with Gasteiger partial charge in [-0.2, -0.15) is 5.10 Å². The number of nitrogen functional groups attached to an aromatic ring is 1. The predicted octanol–water partition coefficient (Wildman–Crippen LogP) is 6.91. The molecule has 6 aromatic rings. The Kier molecular flexibility index (Phi) is 7.51. The lowest BCUT2D eigenvalue weighted by atomic mass is 9.95. The van der Waals surface area contributed by atoms with Crippen LogP contribution in [0.25, 0.3) is 42.8 Å². The van der Waals surface area contributed by atoms with Crippen LogP contribution in [0.1, 0.15) is 18.2 Å². The largest absolute Gasteiger partial charge is 0.421 e. The number of benzene rings is 2. The first-order chi connectivity index (χ1) is 21.2. The van der Waals surface area contributed by atoms with Gasteiger partial charge in [-0.1, -0.05) is 18.1 Å². The molecule has 0 aliphatic rings. The summed E-state index contributed by atoms with van der Waals surface area (Å²) in [6.45, 7) is 5.36. The van der Waals surface area contributed by atoms with Crippen LogP contribution in [0.2, 0.25) is 0 Å². The fraction of sp³-hybridized carbons (Fsp3) is 0.121. The summed E-state index contributed by atoms with van der Waals surface area (Å²) >= 11 is 1.53. The highest BCUT2D eigenvalue weighted by Gasteiger charge is 2.24.